The zero-order chi connectivity index (χ0) is 18.8. The first kappa shape index (κ1) is 16.5. The van der Waals surface area contributed by atoms with Crippen molar-refractivity contribution in [2.24, 2.45) is 0 Å². The molecular formula is C17H12ClF3N6. The minimum Gasteiger partial charge on any atom is -0.254 e. The zero-order valence-electron chi connectivity index (χ0n) is 13.7. The van der Waals surface area contributed by atoms with Gasteiger partial charge in [-0.05, 0) is 36.0 Å². The Labute approximate surface area is 155 Å². The molecule has 0 unspecified atom stereocenters. The molecule has 6 nitrogen and oxygen atoms in total. The number of fused-ring (bicyclic) bond motifs is 2. The molecule has 1 aliphatic rings. The molecule has 0 aliphatic heterocycles. The van der Waals surface area contributed by atoms with E-state index in [0.29, 0.717) is 16.2 Å². The number of nitrogens with zero attached hydrogens (tertiary/aromatic N) is 6. The van der Waals surface area contributed by atoms with Gasteiger partial charge in [-0.1, -0.05) is 11.6 Å². The van der Waals surface area contributed by atoms with Crippen LogP contribution >= 0.6 is 11.6 Å². The Morgan fingerprint density at radius 3 is 2.81 bits per heavy atom. The van der Waals surface area contributed by atoms with Gasteiger partial charge in [0.25, 0.3) is 0 Å². The second-order valence-electron chi connectivity index (χ2n) is 6.66. The minimum absolute atomic E-state index is 0.148. The molecule has 0 aromatic carbocycles. The second kappa shape index (κ2) is 5.66. The quantitative estimate of drug-likeness (QED) is 0.529. The molecule has 1 fully saturated rings. The summed E-state index contributed by atoms with van der Waals surface area (Å²) in [5.41, 5.74) is 3.43. The van der Waals surface area contributed by atoms with Gasteiger partial charge >= 0.3 is 6.18 Å². The Balaban J connectivity index is 1.50. The van der Waals surface area contributed by atoms with Crippen molar-refractivity contribution in [2.75, 3.05) is 0 Å². The van der Waals surface area contributed by atoms with Crippen LogP contribution in [-0.2, 0) is 6.54 Å². The summed E-state index contributed by atoms with van der Waals surface area (Å²) in [5, 5.41) is 8.37. The van der Waals surface area contributed by atoms with E-state index in [0.717, 1.165) is 27.9 Å². The smallest absolute Gasteiger partial charge is 0.254 e. The number of halogens is 4. The van der Waals surface area contributed by atoms with E-state index in [4.69, 9.17) is 11.6 Å². The highest BCUT2D eigenvalue weighted by molar-refractivity contribution is 6.29. The molecule has 5 rings (SSSR count). The predicted molar refractivity (Wildman–Crippen MR) is 91.7 cm³/mol. The zero-order valence-corrected chi connectivity index (χ0v) is 14.5. The van der Waals surface area contributed by atoms with Crippen molar-refractivity contribution in [2.45, 2.75) is 31.0 Å². The lowest BCUT2D eigenvalue weighted by atomic mass is 10.1. The van der Waals surface area contributed by atoms with Gasteiger partial charge in [-0.2, -0.15) is 23.4 Å². The summed E-state index contributed by atoms with van der Waals surface area (Å²) >= 11 is 6.10. The van der Waals surface area contributed by atoms with Crippen molar-refractivity contribution >= 4 is 28.3 Å². The first-order chi connectivity index (χ1) is 12.9. The summed E-state index contributed by atoms with van der Waals surface area (Å²) in [7, 11) is 0. The van der Waals surface area contributed by atoms with E-state index < -0.39 is 12.7 Å². The summed E-state index contributed by atoms with van der Waals surface area (Å²) < 4.78 is 40.8. The SMILES string of the molecule is FC(F)(F)Cn1ncc2ncc([C@@H]3C[C@H]3c3cc(Cl)nn4ccnc34)cc21. The van der Waals surface area contributed by atoms with Crippen LogP contribution in [-0.4, -0.2) is 35.5 Å². The average Bonchev–Trinajstić information content (AvgIpc) is 3.10. The van der Waals surface area contributed by atoms with Gasteiger partial charge in [0, 0.05) is 24.2 Å². The number of hydrogen-bond acceptors (Lipinski definition) is 4. The molecule has 0 saturated heterocycles. The van der Waals surface area contributed by atoms with Crippen molar-refractivity contribution in [3.63, 3.8) is 0 Å². The molecule has 10 heteroatoms. The van der Waals surface area contributed by atoms with Crippen LogP contribution in [0.3, 0.4) is 0 Å². The molecule has 0 radical (unpaired) electrons. The highest BCUT2D eigenvalue weighted by Crippen LogP contribution is 2.55. The number of imidazole rings is 1. The maximum atomic E-state index is 12.7. The van der Waals surface area contributed by atoms with Gasteiger partial charge in [0.15, 0.2) is 5.65 Å². The fourth-order valence-electron chi connectivity index (χ4n) is 3.56. The van der Waals surface area contributed by atoms with Gasteiger partial charge < -0.3 is 0 Å². The topological polar surface area (TPSA) is 60.9 Å². The number of hydrogen-bond donors (Lipinski definition) is 0. The van der Waals surface area contributed by atoms with Crippen LogP contribution in [0.2, 0.25) is 5.15 Å². The highest BCUT2D eigenvalue weighted by atomic mass is 35.5. The molecule has 138 valence electrons. The van der Waals surface area contributed by atoms with Gasteiger partial charge in [0.1, 0.15) is 17.2 Å². The molecule has 0 bridgehead atoms. The van der Waals surface area contributed by atoms with E-state index in [2.05, 4.69) is 20.2 Å². The highest BCUT2D eigenvalue weighted by Gasteiger charge is 2.42. The Kier molecular flexibility index (Phi) is 3.45. The fraction of sp³-hybridized carbons (Fsp3) is 0.294. The number of alkyl halides is 3. The van der Waals surface area contributed by atoms with E-state index >= 15 is 0 Å². The monoisotopic (exact) mass is 392 g/mol. The molecule has 0 spiro atoms. The predicted octanol–water partition coefficient (Wildman–Crippen LogP) is 3.96. The molecule has 0 amide bonds. The van der Waals surface area contributed by atoms with Crippen molar-refractivity contribution < 1.29 is 13.2 Å². The van der Waals surface area contributed by atoms with Crippen LogP contribution in [0.25, 0.3) is 16.7 Å². The lowest BCUT2D eigenvalue weighted by Gasteiger charge is -2.08. The number of rotatable bonds is 3. The van der Waals surface area contributed by atoms with Gasteiger partial charge in [0.05, 0.1) is 11.7 Å². The van der Waals surface area contributed by atoms with E-state index in [1.807, 2.05) is 0 Å². The third kappa shape index (κ3) is 2.91. The van der Waals surface area contributed by atoms with E-state index in [1.54, 1.807) is 35.2 Å². The van der Waals surface area contributed by atoms with E-state index in [-0.39, 0.29) is 11.8 Å². The van der Waals surface area contributed by atoms with Crippen LogP contribution in [0.1, 0.15) is 29.4 Å². The van der Waals surface area contributed by atoms with Crippen molar-refractivity contribution in [3.05, 3.63) is 53.2 Å². The number of aromatic nitrogens is 6. The largest absolute Gasteiger partial charge is 0.408 e. The normalized spacial score (nSPS) is 19.9. The van der Waals surface area contributed by atoms with Crippen LogP contribution in [0, 0.1) is 0 Å². The molecule has 1 saturated carbocycles. The van der Waals surface area contributed by atoms with Crippen LogP contribution < -0.4 is 0 Å². The molecular weight excluding hydrogens is 381 g/mol. The summed E-state index contributed by atoms with van der Waals surface area (Å²) in [6.45, 7) is -1.13. The first-order valence-electron chi connectivity index (χ1n) is 8.27. The summed E-state index contributed by atoms with van der Waals surface area (Å²) in [5.74, 6) is 0.323. The summed E-state index contributed by atoms with van der Waals surface area (Å²) in [6.07, 6.45) is 2.96. The molecule has 4 aromatic heterocycles. The Morgan fingerprint density at radius 2 is 2.00 bits per heavy atom. The average molecular weight is 393 g/mol. The van der Waals surface area contributed by atoms with Gasteiger partial charge in [-0.15, -0.1) is 0 Å². The maximum absolute atomic E-state index is 12.7. The van der Waals surface area contributed by atoms with Crippen LogP contribution in [0.15, 0.2) is 36.9 Å². The van der Waals surface area contributed by atoms with Crippen LogP contribution in [0.4, 0.5) is 13.2 Å². The Hall–Kier alpha value is -2.68. The van der Waals surface area contributed by atoms with Crippen molar-refractivity contribution in [1.82, 2.24) is 29.4 Å². The number of pyridine rings is 1. The van der Waals surface area contributed by atoms with Gasteiger partial charge in [-0.25, -0.2) is 9.50 Å². The third-order valence-electron chi connectivity index (χ3n) is 4.82. The summed E-state index contributed by atoms with van der Waals surface area (Å²) in [4.78, 5) is 8.61. The summed E-state index contributed by atoms with van der Waals surface area (Å²) in [6, 6.07) is 3.55. The maximum Gasteiger partial charge on any atom is 0.408 e. The Bertz CT molecular complexity index is 1160. The first-order valence-corrected chi connectivity index (χ1v) is 8.65. The molecule has 4 heterocycles. The van der Waals surface area contributed by atoms with E-state index in [1.165, 1.54) is 6.20 Å². The van der Waals surface area contributed by atoms with Gasteiger partial charge in [0.2, 0.25) is 0 Å². The lowest BCUT2D eigenvalue weighted by molar-refractivity contribution is -0.141. The van der Waals surface area contributed by atoms with Gasteiger partial charge in [-0.3, -0.25) is 9.67 Å². The van der Waals surface area contributed by atoms with Crippen LogP contribution in [0.5, 0.6) is 0 Å². The Morgan fingerprint density at radius 1 is 1.15 bits per heavy atom. The lowest BCUT2D eigenvalue weighted by Crippen LogP contribution is -2.18. The minimum atomic E-state index is -4.34. The van der Waals surface area contributed by atoms with E-state index in [9.17, 15) is 13.2 Å². The molecule has 27 heavy (non-hydrogen) atoms. The molecule has 4 aromatic rings. The molecule has 1 aliphatic carbocycles. The van der Waals surface area contributed by atoms with Crippen molar-refractivity contribution in [3.8, 4) is 0 Å². The fourth-order valence-corrected chi connectivity index (χ4v) is 3.76. The third-order valence-corrected chi connectivity index (χ3v) is 5.01. The second-order valence-corrected chi connectivity index (χ2v) is 7.04. The molecule has 2 atom stereocenters. The van der Waals surface area contributed by atoms with Crippen molar-refractivity contribution in [1.29, 1.82) is 0 Å². The molecule has 0 N–H and O–H groups in total. The standard InChI is InChI=1S/C17H12ClF3N6/c18-15-5-12(16-22-1-2-26(16)25-15)11-4-10(11)9-3-14-13(23-6-9)7-24-27(14)8-17(19,20)21/h1-3,5-7,10-11H,4,8H2/t10-,11+/m0/s1.